The largest absolute Gasteiger partial charge is 0.242 e. The Kier molecular flexibility index (Phi) is 3.69. The van der Waals surface area contributed by atoms with Crippen LogP contribution in [-0.2, 0) is 19.7 Å². The predicted octanol–water partition coefficient (Wildman–Crippen LogP) is 2.54. The molecule has 8 heteroatoms. The molecule has 0 N–H and O–H groups in total. The number of nitrogens with zero attached hydrogens (tertiary/aromatic N) is 1. The summed E-state index contributed by atoms with van der Waals surface area (Å²) in [7, 11) is -7.60. The maximum Gasteiger partial charge on any atom is 0.242 e. The second-order valence-corrected chi connectivity index (χ2v) is 9.12. The third-order valence-corrected chi connectivity index (χ3v) is 7.05. The van der Waals surface area contributed by atoms with Crippen LogP contribution in [0.25, 0.3) is 4.85 Å². The lowest BCUT2D eigenvalue weighted by atomic mass is 10.4. The van der Waals surface area contributed by atoms with Crippen LogP contribution in [0.4, 0.5) is 5.00 Å². The fraction of sp³-hybridized carbons (Fsp3) is 0.0833. The van der Waals surface area contributed by atoms with E-state index >= 15 is 0 Å². The van der Waals surface area contributed by atoms with Crippen molar-refractivity contribution in [3.8, 4) is 0 Å². The molecule has 5 nitrogen and oxygen atoms in total. The second-order valence-electron chi connectivity index (χ2n) is 3.93. The van der Waals surface area contributed by atoms with Gasteiger partial charge in [0.2, 0.25) is 14.8 Å². The van der Waals surface area contributed by atoms with Crippen LogP contribution in [0.5, 0.6) is 0 Å². The number of hydrogen-bond donors (Lipinski definition) is 0. The lowest BCUT2D eigenvalue weighted by molar-refractivity contribution is 0.586. The molecule has 0 aliphatic heterocycles. The van der Waals surface area contributed by atoms with Gasteiger partial charge in [-0.05, 0) is 24.3 Å². The summed E-state index contributed by atoms with van der Waals surface area (Å²) in [6, 6.07) is 8.15. The molecule has 0 aliphatic carbocycles. The van der Waals surface area contributed by atoms with E-state index in [-0.39, 0.29) is 19.0 Å². The minimum Gasteiger partial charge on any atom is -0.227 e. The highest BCUT2D eigenvalue weighted by molar-refractivity contribution is 7.95. The standard InChI is InChI=1S/C12H9NO4S3/c1-13-11-7-8-12(18-11)20(16,17)10-6-4-3-5-9(10)19(2,14)15/h3-8H,2H3. The molecule has 2 aromatic rings. The van der Waals surface area contributed by atoms with Crippen molar-refractivity contribution in [1.82, 2.24) is 0 Å². The van der Waals surface area contributed by atoms with Crippen molar-refractivity contribution in [3.63, 3.8) is 0 Å². The summed E-state index contributed by atoms with van der Waals surface area (Å²) < 4.78 is 48.3. The molecule has 0 amide bonds. The van der Waals surface area contributed by atoms with E-state index in [9.17, 15) is 16.8 Å². The van der Waals surface area contributed by atoms with E-state index in [1.54, 1.807) is 0 Å². The summed E-state index contributed by atoms with van der Waals surface area (Å²) in [6.45, 7) is 6.85. The van der Waals surface area contributed by atoms with Gasteiger partial charge in [-0.3, -0.25) is 0 Å². The van der Waals surface area contributed by atoms with Crippen LogP contribution in [-0.4, -0.2) is 23.1 Å². The van der Waals surface area contributed by atoms with Crippen molar-refractivity contribution >= 4 is 36.0 Å². The molecule has 1 aromatic heterocycles. The van der Waals surface area contributed by atoms with Gasteiger partial charge in [0.25, 0.3) is 0 Å². The normalized spacial score (nSPS) is 12.0. The van der Waals surface area contributed by atoms with Gasteiger partial charge in [-0.25, -0.2) is 21.7 Å². The molecule has 0 fully saturated rings. The average Bonchev–Trinajstić information content (AvgIpc) is 2.87. The Hall–Kier alpha value is -1.69. The smallest absolute Gasteiger partial charge is 0.227 e. The molecule has 0 aliphatic rings. The van der Waals surface area contributed by atoms with Gasteiger partial charge in [0, 0.05) is 6.26 Å². The van der Waals surface area contributed by atoms with Crippen LogP contribution < -0.4 is 0 Å². The van der Waals surface area contributed by atoms with Gasteiger partial charge in [0.15, 0.2) is 9.84 Å². The summed E-state index contributed by atoms with van der Waals surface area (Å²) in [5.74, 6) is 0. The van der Waals surface area contributed by atoms with Crippen LogP contribution in [0, 0.1) is 6.57 Å². The van der Waals surface area contributed by atoms with Crippen molar-refractivity contribution in [1.29, 1.82) is 0 Å². The quantitative estimate of drug-likeness (QED) is 0.812. The Bertz CT molecular complexity index is 902. The highest BCUT2D eigenvalue weighted by atomic mass is 32.2. The highest BCUT2D eigenvalue weighted by Crippen LogP contribution is 2.34. The molecule has 104 valence electrons. The van der Waals surface area contributed by atoms with Gasteiger partial charge in [-0.2, -0.15) is 0 Å². The molecule has 20 heavy (non-hydrogen) atoms. The summed E-state index contributed by atoms with van der Waals surface area (Å²) in [5.41, 5.74) is 0. The Morgan fingerprint density at radius 1 is 1.00 bits per heavy atom. The Morgan fingerprint density at radius 2 is 1.60 bits per heavy atom. The minimum absolute atomic E-state index is 0.0420. The van der Waals surface area contributed by atoms with Crippen molar-refractivity contribution in [2.75, 3.05) is 6.26 Å². The number of rotatable bonds is 3. The first-order valence-corrected chi connectivity index (χ1v) is 9.47. The first-order valence-electron chi connectivity index (χ1n) is 5.28. The van der Waals surface area contributed by atoms with Gasteiger partial charge in [-0.1, -0.05) is 12.1 Å². The molecule has 2 rings (SSSR count). The zero-order valence-corrected chi connectivity index (χ0v) is 12.7. The third kappa shape index (κ3) is 2.60. The zero-order valence-electron chi connectivity index (χ0n) is 10.3. The number of sulfone groups is 2. The fourth-order valence-electron chi connectivity index (χ4n) is 1.60. The minimum atomic E-state index is -3.95. The molecule has 0 saturated carbocycles. The summed E-state index contributed by atoms with van der Waals surface area (Å²) in [4.78, 5) is 2.65. The molecule has 0 saturated heterocycles. The van der Waals surface area contributed by atoms with E-state index in [4.69, 9.17) is 6.57 Å². The summed E-state index contributed by atoms with van der Waals surface area (Å²) >= 11 is 0.817. The topological polar surface area (TPSA) is 72.6 Å². The first kappa shape index (κ1) is 14.7. The van der Waals surface area contributed by atoms with E-state index in [0.717, 1.165) is 17.6 Å². The van der Waals surface area contributed by atoms with Crippen LogP contribution in [0.2, 0.25) is 0 Å². The van der Waals surface area contributed by atoms with E-state index in [1.807, 2.05) is 0 Å². The molecule has 0 spiro atoms. The maximum absolute atomic E-state index is 12.5. The molecule has 0 radical (unpaired) electrons. The molecule has 1 heterocycles. The SMILES string of the molecule is [C-]#[N+]c1ccc(S(=O)(=O)c2ccccc2S(C)(=O)=O)s1. The molecular weight excluding hydrogens is 318 g/mol. The van der Waals surface area contributed by atoms with Crippen LogP contribution >= 0.6 is 11.3 Å². The zero-order chi connectivity index (χ0) is 15.0. The lowest BCUT2D eigenvalue weighted by Gasteiger charge is -2.07. The number of thiophene rings is 1. The van der Waals surface area contributed by atoms with Crippen LogP contribution in [0.1, 0.15) is 0 Å². The lowest BCUT2D eigenvalue weighted by Crippen LogP contribution is -2.08. The van der Waals surface area contributed by atoms with E-state index in [2.05, 4.69) is 4.85 Å². The van der Waals surface area contributed by atoms with Crippen LogP contribution in [0.15, 0.2) is 50.4 Å². The van der Waals surface area contributed by atoms with Crippen molar-refractivity contribution < 1.29 is 16.8 Å². The summed E-state index contributed by atoms with van der Waals surface area (Å²) in [5, 5.41) is 0.236. The maximum atomic E-state index is 12.5. The monoisotopic (exact) mass is 327 g/mol. The average molecular weight is 327 g/mol. The van der Waals surface area contributed by atoms with E-state index in [1.165, 1.54) is 36.4 Å². The second kappa shape index (κ2) is 5.01. The first-order chi connectivity index (χ1) is 9.26. The van der Waals surface area contributed by atoms with Crippen molar-refractivity contribution in [3.05, 3.63) is 47.8 Å². The third-order valence-electron chi connectivity index (χ3n) is 2.48. The van der Waals surface area contributed by atoms with Gasteiger partial charge >= 0.3 is 0 Å². The molecular formula is C12H9NO4S3. The Labute approximate surface area is 121 Å². The van der Waals surface area contributed by atoms with Gasteiger partial charge in [-0.15, -0.1) is 11.3 Å². The Morgan fingerprint density at radius 3 is 2.10 bits per heavy atom. The Balaban J connectivity index is 2.71. The number of benzene rings is 1. The van der Waals surface area contributed by atoms with Gasteiger partial charge < -0.3 is 0 Å². The van der Waals surface area contributed by atoms with Gasteiger partial charge in [0.05, 0.1) is 16.4 Å². The summed E-state index contributed by atoms with van der Waals surface area (Å²) in [6.07, 6.45) is 0.959. The van der Waals surface area contributed by atoms with Crippen molar-refractivity contribution in [2.24, 2.45) is 0 Å². The number of hydrogen-bond acceptors (Lipinski definition) is 5. The van der Waals surface area contributed by atoms with Crippen molar-refractivity contribution in [2.45, 2.75) is 14.0 Å². The fourth-order valence-corrected chi connectivity index (χ4v) is 5.69. The van der Waals surface area contributed by atoms with E-state index in [0.29, 0.717) is 0 Å². The van der Waals surface area contributed by atoms with Gasteiger partial charge in [0.1, 0.15) is 4.21 Å². The molecule has 0 atom stereocenters. The molecule has 1 aromatic carbocycles. The molecule has 0 unspecified atom stereocenters. The van der Waals surface area contributed by atoms with Crippen LogP contribution in [0.3, 0.4) is 0 Å². The molecule has 0 bridgehead atoms. The predicted molar refractivity (Wildman–Crippen MR) is 75.6 cm³/mol. The van der Waals surface area contributed by atoms with E-state index < -0.39 is 19.7 Å². The highest BCUT2D eigenvalue weighted by Gasteiger charge is 2.26.